The second kappa shape index (κ2) is 6.82. The van der Waals surface area contributed by atoms with Gasteiger partial charge in [-0.25, -0.2) is 9.97 Å². The van der Waals surface area contributed by atoms with Crippen molar-refractivity contribution in [3.63, 3.8) is 0 Å². The molecule has 1 aromatic carbocycles. The average molecular weight is 336 g/mol. The van der Waals surface area contributed by atoms with Crippen LogP contribution in [0.2, 0.25) is 0 Å². The molecule has 1 amide bonds. The molecule has 0 atom stereocenters. The van der Waals surface area contributed by atoms with E-state index in [2.05, 4.69) is 51.4 Å². The van der Waals surface area contributed by atoms with E-state index in [9.17, 15) is 4.79 Å². The number of nitrogens with one attached hydrogen (secondary N) is 1. The summed E-state index contributed by atoms with van der Waals surface area (Å²) in [4.78, 5) is 23.4. The summed E-state index contributed by atoms with van der Waals surface area (Å²) in [7, 11) is 0. The number of benzene rings is 1. The molecule has 1 saturated carbocycles. The molecule has 1 aliphatic carbocycles. The number of anilines is 1. The Balaban J connectivity index is 1.37. The minimum atomic E-state index is 0.142. The number of rotatable bonds is 4. The molecule has 2 heterocycles. The number of aryl methyl sites for hydroxylation is 1. The molecule has 2 fully saturated rings. The van der Waals surface area contributed by atoms with Gasteiger partial charge in [0.25, 0.3) is 0 Å². The molecular weight excluding hydrogens is 312 g/mol. The van der Waals surface area contributed by atoms with Crippen LogP contribution in [0.15, 0.2) is 36.7 Å². The highest BCUT2D eigenvalue weighted by Crippen LogP contribution is 2.25. The van der Waals surface area contributed by atoms with E-state index in [4.69, 9.17) is 0 Å². The Hall–Kier alpha value is -2.43. The molecule has 0 radical (unpaired) electrons. The van der Waals surface area contributed by atoms with Crippen molar-refractivity contribution in [2.45, 2.75) is 38.6 Å². The molecule has 25 heavy (non-hydrogen) atoms. The van der Waals surface area contributed by atoms with E-state index in [0.29, 0.717) is 6.04 Å². The van der Waals surface area contributed by atoms with Crippen molar-refractivity contribution in [3.8, 4) is 11.1 Å². The number of carbonyl (C=O) groups is 1. The van der Waals surface area contributed by atoms with Gasteiger partial charge in [0.05, 0.1) is 0 Å². The quantitative estimate of drug-likeness (QED) is 0.933. The van der Waals surface area contributed by atoms with Crippen molar-refractivity contribution in [1.29, 1.82) is 0 Å². The second-order valence-electron chi connectivity index (χ2n) is 7.19. The topological polar surface area (TPSA) is 58.1 Å². The number of hydrogen-bond acceptors (Lipinski definition) is 4. The molecule has 2 aromatic rings. The lowest BCUT2D eigenvalue weighted by Gasteiger charge is -2.31. The number of amides is 1. The zero-order chi connectivity index (χ0) is 17.2. The fraction of sp³-hybridized carbons (Fsp3) is 0.450. The van der Waals surface area contributed by atoms with Crippen molar-refractivity contribution in [3.05, 3.63) is 42.2 Å². The van der Waals surface area contributed by atoms with E-state index < -0.39 is 0 Å². The van der Waals surface area contributed by atoms with Crippen molar-refractivity contribution in [2.75, 3.05) is 18.0 Å². The van der Waals surface area contributed by atoms with E-state index in [0.717, 1.165) is 55.8 Å². The Bertz CT molecular complexity index is 747. The molecule has 1 N–H and O–H groups in total. The Morgan fingerprint density at radius 3 is 2.44 bits per heavy atom. The van der Waals surface area contributed by atoms with E-state index in [1.54, 1.807) is 0 Å². The molecule has 0 spiro atoms. The third-order valence-corrected chi connectivity index (χ3v) is 5.06. The van der Waals surface area contributed by atoms with Crippen LogP contribution in [0.5, 0.6) is 0 Å². The smallest absolute Gasteiger partial charge is 0.225 e. The lowest BCUT2D eigenvalue weighted by Crippen LogP contribution is -2.41. The summed E-state index contributed by atoms with van der Waals surface area (Å²) < 4.78 is 0. The highest BCUT2D eigenvalue weighted by atomic mass is 16.2. The molecule has 5 heteroatoms. The predicted octanol–water partition coefficient (Wildman–Crippen LogP) is 2.95. The Labute approximate surface area is 148 Å². The first-order valence-electron chi connectivity index (χ1n) is 9.13. The van der Waals surface area contributed by atoms with Crippen molar-refractivity contribution in [1.82, 2.24) is 15.3 Å². The summed E-state index contributed by atoms with van der Waals surface area (Å²) in [6.07, 6.45) is 7.83. The molecular formula is C20H24N4O. The third-order valence-electron chi connectivity index (χ3n) is 5.06. The van der Waals surface area contributed by atoms with Crippen molar-refractivity contribution in [2.24, 2.45) is 5.92 Å². The lowest BCUT2D eigenvalue weighted by atomic mass is 9.96. The monoisotopic (exact) mass is 336 g/mol. The fourth-order valence-electron chi connectivity index (χ4n) is 3.35. The summed E-state index contributed by atoms with van der Waals surface area (Å²) in [5.74, 6) is 1.14. The molecule has 4 rings (SSSR count). The van der Waals surface area contributed by atoms with Crippen molar-refractivity contribution < 1.29 is 4.79 Å². The Morgan fingerprint density at radius 2 is 1.80 bits per heavy atom. The second-order valence-corrected chi connectivity index (χ2v) is 7.19. The zero-order valence-electron chi connectivity index (χ0n) is 14.6. The van der Waals surface area contributed by atoms with Gasteiger partial charge in [-0.05, 0) is 38.2 Å². The maximum atomic E-state index is 12.2. The normalized spacial score (nSPS) is 18.2. The highest BCUT2D eigenvalue weighted by molar-refractivity contribution is 5.79. The van der Waals surface area contributed by atoms with Crippen LogP contribution >= 0.6 is 0 Å². The van der Waals surface area contributed by atoms with Crippen LogP contribution < -0.4 is 10.2 Å². The van der Waals surface area contributed by atoms with E-state index in [1.165, 1.54) is 5.56 Å². The number of hydrogen-bond donors (Lipinski definition) is 1. The number of aromatic nitrogens is 2. The van der Waals surface area contributed by atoms with Gasteiger partial charge in [0, 0.05) is 43.0 Å². The maximum Gasteiger partial charge on any atom is 0.225 e. The summed E-state index contributed by atoms with van der Waals surface area (Å²) in [6.45, 7) is 3.77. The fourth-order valence-corrected chi connectivity index (χ4v) is 3.35. The van der Waals surface area contributed by atoms with Gasteiger partial charge in [-0.15, -0.1) is 0 Å². The zero-order valence-corrected chi connectivity index (χ0v) is 14.6. The minimum Gasteiger partial charge on any atom is -0.353 e. The molecule has 0 bridgehead atoms. The van der Waals surface area contributed by atoms with E-state index in [-0.39, 0.29) is 11.8 Å². The van der Waals surface area contributed by atoms with Gasteiger partial charge < -0.3 is 10.2 Å². The van der Waals surface area contributed by atoms with Crippen LogP contribution in [-0.2, 0) is 4.79 Å². The van der Waals surface area contributed by atoms with Gasteiger partial charge in [0.2, 0.25) is 11.9 Å². The van der Waals surface area contributed by atoms with Gasteiger partial charge in [0.15, 0.2) is 0 Å². The first-order chi connectivity index (χ1) is 12.2. The van der Waals surface area contributed by atoms with Crippen LogP contribution in [0.25, 0.3) is 11.1 Å². The van der Waals surface area contributed by atoms with Gasteiger partial charge >= 0.3 is 0 Å². The van der Waals surface area contributed by atoms with Gasteiger partial charge in [0.1, 0.15) is 0 Å². The van der Waals surface area contributed by atoms with Gasteiger partial charge in [-0.2, -0.15) is 0 Å². The predicted molar refractivity (Wildman–Crippen MR) is 98.3 cm³/mol. The average Bonchev–Trinajstić information content (AvgIpc) is 3.46. The van der Waals surface area contributed by atoms with Crippen LogP contribution in [0.3, 0.4) is 0 Å². The van der Waals surface area contributed by atoms with E-state index >= 15 is 0 Å². The molecule has 1 aliphatic heterocycles. The standard InChI is InChI=1S/C20H24N4O/c1-14-3-2-4-16(11-14)17-12-21-20(22-13-17)24-9-7-15(8-10-24)19(25)23-18-5-6-18/h2-4,11-13,15,18H,5-10H2,1H3,(H,23,25). The molecule has 1 saturated heterocycles. The lowest BCUT2D eigenvalue weighted by molar-refractivity contribution is -0.125. The third kappa shape index (κ3) is 3.81. The maximum absolute atomic E-state index is 12.2. The van der Waals surface area contributed by atoms with Crippen LogP contribution in [0, 0.1) is 12.8 Å². The molecule has 1 aromatic heterocycles. The molecule has 0 unspecified atom stereocenters. The van der Waals surface area contributed by atoms with Crippen molar-refractivity contribution >= 4 is 11.9 Å². The Morgan fingerprint density at radius 1 is 1.08 bits per heavy atom. The van der Waals surface area contributed by atoms with E-state index in [1.807, 2.05) is 12.4 Å². The van der Waals surface area contributed by atoms with Crippen LogP contribution in [-0.4, -0.2) is 35.0 Å². The molecule has 5 nitrogen and oxygen atoms in total. The Kier molecular flexibility index (Phi) is 4.38. The minimum absolute atomic E-state index is 0.142. The number of piperidine rings is 1. The van der Waals surface area contributed by atoms with Crippen LogP contribution in [0.1, 0.15) is 31.2 Å². The van der Waals surface area contributed by atoms with Crippen LogP contribution in [0.4, 0.5) is 5.95 Å². The SMILES string of the molecule is Cc1cccc(-c2cnc(N3CCC(C(=O)NC4CC4)CC3)nc2)c1. The van der Waals surface area contributed by atoms with Gasteiger partial charge in [-0.3, -0.25) is 4.79 Å². The first kappa shape index (κ1) is 16.1. The van der Waals surface area contributed by atoms with Gasteiger partial charge in [-0.1, -0.05) is 29.8 Å². The highest BCUT2D eigenvalue weighted by Gasteiger charge is 2.30. The molecule has 130 valence electrons. The largest absolute Gasteiger partial charge is 0.353 e. The molecule has 2 aliphatic rings. The first-order valence-corrected chi connectivity index (χ1v) is 9.13. The number of carbonyl (C=O) groups excluding carboxylic acids is 1. The number of nitrogens with zero attached hydrogens (tertiary/aromatic N) is 3. The summed E-state index contributed by atoms with van der Waals surface area (Å²) >= 11 is 0. The summed E-state index contributed by atoms with van der Waals surface area (Å²) in [5.41, 5.74) is 3.40. The summed E-state index contributed by atoms with van der Waals surface area (Å²) in [5, 5.41) is 3.12. The summed E-state index contributed by atoms with van der Waals surface area (Å²) in [6, 6.07) is 8.80.